The largest absolute Gasteiger partial charge is 0.411 e. The van der Waals surface area contributed by atoms with E-state index in [4.69, 9.17) is 16.0 Å². The fourth-order valence-electron chi connectivity index (χ4n) is 2.08. The van der Waals surface area contributed by atoms with Crippen molar-refractivity contribution in [2.45, 2.75) is 17.4 Å². The van der Waals surface area contributed by atoms with Crippen LogP contribution < -0.4 is 0 Å². The highest BCUT2D eigenvalue weighted by molar-refractivity contribution is 9.10. The predicted octanol–water partition coefficient (Wildman–Crippen LogP) is 5.52. The summed E-state index contributed by atoms with van der Waals surface area (Å²) in [6, 6.07) is 14.5. The smallest absolute Gasteiger partial charge is 0.277 e. The van der Waals surface area contributed by atoms with Gasteiger partial charge in [-0.25, -0.2) is 0 Å². The van der Waals surface area contributed by atoms with Crippen LogP contribution in [0.15, 0.2) is 62.6 Å². The molecule has 1 heterocycles. The Morgan fingerprint density at radius 1 is 1.21 bits per heavy atom. The van der Waals surface area contributed by atoms with Gasteiger partial charge in [0.25, 0.3) is 5.22 Å². The highest BCUT2D eigenvalue weighted by Gasteiger charge is 2.20. The first kappa shape index (κ1) is 17.2. The van der Waals surface area contributed by atoms with E-state index in [-0.39, 0.29) is 11.0 Å². The minimum absolute atomic E-state index is 0.0388. The van der Waals surface area contributed by atoms with E-state index in [0.29, 0.717) is 21.7 Å². The quantitative estimate of drug-likeness (QED) is 0.400. The Bertz CT molecular complexity index is 884. The van der Waals surface area contributed by atoms with Crippen molar-refractivity contribution >= 4 is 45.1 Å². The molecule has 3 rings (SSSR count). The van der Waals surface area contributed by atoms with Crippen molar-refractivity contribution in [1.29, 1.82) is 0 Å². The lowest BCUT2D eigenvalue weighted by atomic mass is 10.1. The van der Waals surface area contributed by atoms with E-state index in [1.165, 1.54) is 11.8 Å². The molecule has 0 amide bonds. The first-order valence-corrected chi connectivity index (χ1v) is 9.14. The van der Waals surface area contributed by atoms with Crippen LogP contribution in [0.5, 0.6) is 0 Å². The van der Waals surface area contributed by atoms with E-state index < -0.39 is 0 Å². The monoisotopic (exact) mass is 422 g/mol. The fraction of sp³-hybridized carbons (Fsp3) is 0.118. The summed E-state index contributed by atoms with van der Waals surface area (Å²) in [5.41, 5.74) is 1.37. The molecule has 0 radical (unpaired) electrons. The summed E-state index contributed by atoms with van der Waals surface area (Å²) in [5.74, 6) is 0.371. The number of ketones is 1. The van der Waals surface area contributed by atoms with E-state index in [9.17, 15) is 4.79 Å². The Labute approximate surface area is 156 Å². The molecule has 4 nitrogen and oxygen atoms in total. The van der Waals surface area contributed by atoms with Crippen LogP contribution in [-0.2, 0) is 0 Å². The van der Waals surface area contributed by atoms with Gasteiger partial charge in [-0.05, 0) is 47.1 Å². The van der Waals surface area contributed by atoms with Crippen molar-refractivity contribution in [3.05, 3.63) is 63.6 Å². The highest BCUT2D eigenvalue weighted by atomic mass is 79.9. The molecule has 122 valence electrons. The number of aromatic nitrogens is 2. The molecule has 0 spiro atoms. The number of halogens is 2. The van der Waals surface area contributed by atoms with Gasteiger partial charge in [0, 0.05) is 15.1 Å². The number of rotatable bonds is 5. The summed E-state index contributed by atoms with van der Waals surface area (Å²) in [6.07, 6.45) is 0. The molecule has 1 aromatic heterocycles. The maximum Gasteiger partial charge on any atom is 0.277 e. The van der Waals surface area contributed by atoms with Crippen LogP contribution in [0.25, 0.3) is 11.5 Å². The second-order valence-electron chi connectivity index (χ2n) is 4.99. The Hall–Kier alpha value is -1.63. The van der Waals surface area contributed by atoms with Crippen LogP contribution in [-0.4, -0.2) is 21.2 Å². The van der Waals surface area contributed by atoms with Gasteiger partial charge in [-0.3, -0.25) is 4.79 Å². The molecule has 2 aromatic carbocycles. The van der Waals surface area contributed by atoms with Gasteiger partial charge in [-0.15, -0.1) is 10.2 Å². The summed E-state index contributed by atoms with van der Waals surface area (Å²) >= 11 is 10.6. The lowest BCUT2D eigenvalue weighted by Gasteiger charge is -2.07. The first-order chi connectivity index (χ1) is 11.5. The SMILES string of the molecule is CC(Sc1nnc(-c2ccccc2Br)o1)C(=O)c1cccc(Cl)c1. The number of hydrogen-bond acceptors (Lipinski definition) is 5. The number of thioether (sulfide) groups is 1. The Balaban J connectivity index is 1.75. The molecule has 0 saturated carbocycles. The van der Waals surface area contributed by atoms with Gasteiger partial charge in [0.1, 0.15) is 0 Å². The topological polar surface area (TPSA) is 56.0 Å². The van der Waals surface area contributed by atoms with Crippen molar-refractivity contribution in [3.63, 3.8) is 0 Å². The molecule has 0 N–H and O–H groups in total. The molecular formula is C17H12BrClN2O2S. The lowest BCUT2D eigenvalue weighted by molar-refractivity contribution is 0.0993. The minimum Gasteiger partial charge on any atom is -0.411 e. The van der Waals surface area contributed by atoms with E-state index >= 15 is 0 Å². The third kappa shape index (κ3) is 3.88. The number of carbonyl (C=O) groups excluding carboxylic acids is 1. The fourth-order valence-corrected chi connectivity index (χ4v) is 3.49. The van der Waals surface area contributed by atoms with E-state index in [1.54, 1.807) is 31.2 Å². The van der Waals surface area contributed by atoms with Gasteiger partial charge in [-0.2, -0.15) is 0 Å². The molecule has 0 aliphatic heterocycles. The second-order valence-corrected chi connectivity index (χ2v) is 7.57. The zero-order valence-electron chi connectivity index (χ0n) is 12.6. The average molecular weight is 424 g/mol. The summed E-state index contributed by atoms with van der Waals surface area (Å²) in [4.78, 5) is 12.5. The van der Waals surface area contributed by atoms with Crippen molar-refractivity contribution < 1.29 is 9.21 Å². The van der Waals surface area contributed by atoms with Crippen LogP contribution in [0, 0.1) is 0 Å². The minimum atomic E-state index is -0.365. The number of nitrogens with zero attached hydrogens (tertiary/aromatic N) is 2. The summed E-state index contributed by atoms with van der Waals surface area (Å²) in [5, 5.41) is 8.58. The standard InChI is InChI=1S/C17H12BrClN2O2S/c1-10(15(22)11-5-4-6-12(19)9-11)24-17-21-20-16(23-17)13-7-2-3-8-14(13)18/h2-10H,1H3. The number of benzene rings is 2. The zero-order chi connectivity index (χ0) is 17.1. The first-order valence-electron chi connectivity index (χ1n) is 7.09. The normalized spacial score (nSPS) is 12.1. The van der Waals surface area contributed by atoms with Gasteiger partial charge in [0.05, 0.1) is 10.8 Å². The lowest BCUT2D eigenvalue weighted by Crippen LogP contribution is -2.13. The van der Waals surface area contributed by atoms with Gasteiger partial charge in [0.15, 0.2) is 5.78 Å². The third-order valence-electron chi connectivity index (χ3n) is 3.27. The number of hydrogen-bond donors (Lipinski definition) is 0. The van der Waals surface area contributed by atoms with E-state index in [0.717, 1.165) is 10.0 Å². The zero-order valence-corrected chi connectivity index (χ0v) is 15.7. The van der Waals surface area contributed by atoms with Gasteiger partial charge in [0.2, 0.25) is 5.89 Å². The Morgan fingerprint density at radius 2 is 2.00 bits per heavy atom. The maximum absolute atomic E-state index is 12.5. The van der Waals surface area contributed by atoms with Crippen LogP contribution in [0.3, 0.4) is 0 Å². The summed E-state index contributed by atoms with van der Waals surface area (Å²) in [7, 11) is 0. The molecule has 0 aliphatic carbocycles. The second kappa shape index (κ2) is 7.51. The van der Waals surface area contributed by atoms with E-state index in [1.807, 2.05) is 24.3 Å². The molecule has 0 aliphatic rings. The van der Waals surface area contributed by atoms with Crippen LogP contribution in [0.4, 0.5) is 0 Å². The summed E-state index contributed by atoms with van der Waals surface area (Å²) in [6.45, 7) is 1.80. The third-order valence-corrected chi connectivity index (χ3v) is 5.13. The maximum atomic E-state index is 12.5. The van der Waals surface area contributed by atoms with Crippen molar-refractivity contribution in [1.82, 2.24) is 10.2 Å². The molecule has 3 aromatic rings. The molecule has 1 unspecified atom stereocenters. The van der Waals surface area contributed by atoms with Crippen molar-refractivity contribution in [2.24, 2.45) is 0 Å². The molecule has 0 fully saturated rings. The van der Waals surface area contributed by atoms with Crippen molar-refractivity contribution in [3.8, 4) is 11.5 Å². The van der Waals surface area contributed by atoms with Crippen LogP contribution in [0.2, 0.25) is 5.02 Å². The molecule has 24 heavy (non-hydrogen) atoms. The van der Waals surface area contributed by atoms with Gasteiger partial charge in [-0.1, -0.05) is 47.6 Å². The Morgan fingerprint density at radius 3 is 2.75 bits per heavy atom. The molecule has 7 heteroatoms. The van der Waals surface area contributed by atoms with Crippen LogP contribution >= 0.6 is 39.3 Å². The predicted molar refractivity (Wildman–Crippen MR) is 98.5 cm³/mol. The molecule has 0 bridgehead atoms. The van der Waals surface area contributed by atoms with Gasteiger partial charge >= 0.3 is 0 Å². The van der Waals surface area contributed by atoms with Crippen molar-refractivity contribution in [2.75, 3.05) is 0 Å². The average Bonchev–Trinajstić information content (AvgIpc) is 3.02. The van der Waals surface area contributed by atoms with Gasteiger partial charge < -0.3 is 4.42 Å². The van der Waals surface area contributed by atoms with Crippen LogP contribution in [0.1, 0.15) is 17.3 Å². The van der Waals surface area contributed by atoms with E-state index in [2.05, 4.69) is 26.1 Å². The highest BCUT2D eigenvalue weighted by Crippen LogP contribution is 2.31. The molecule has 1 atom stereocenters. The molecular weight excluding hydrogens is 412 g/mol. The summed E-state index contributed by atoms with van der Waals surface area (Å²) < 4.78 is 6.53. The number of carbonyl (C=O) groups is 1. The number of Topliss-reactive ketones (excluding diaryl/α,β-unsaturated/α-hetero) is 1. The molecule has 0 saturated heterocycles. The Kier molecular flexibility index (Phi) is 5.38.